The highest BCUT2D eigenvalue weighted by molar-refractivity contribution is 7.16. The molecule has 2 N–H and O–H groups in total. The molecule has 20 heavy (non-hydrogen) atoms. The summed E-state index contributed by atoms with van der Waals surface area (Å²) >= 11 is 1.58. The van der Waals surface area contributed by atoms with Crippen LogP contribution in [0.3, 0.4) is 0 Å². The summed E-state index contributed by atoms with van der Waals surface area (Å²) in [6.07, 6.45) is 0. The molecule has 4 nitrogen and oxygen atoms in total. The smallest absolute Gasteiger partial charge is 0.223 e. The fourth-order valence-electron chi connectivity index (χ4n) is 2.41. The number of nitrogens with two attached hydrogens (primary N) is 1. The van der Waals surface area contributed by atoms with Crippen molar-refractivity contribution < 1.29 is 0 Å². The van der Waals surface area contributed by atoms with Crippen molar-refractivity contribution in [3.8, 4) is 0 Å². The molecule has 0 amide bonds. The predicted octanol–water partition coefficient (Wildman–Crippen LogP) is 3.66. The van der Waals surface area contributed by atoms with Crippen LogP contribution < -0.4 is 10.6 Å². The molecule has 2 heterocycles. The van der Waals surface area contributed by atoms with Gasteiger partial charge in [0.25, 0.3) is 0 Å². The fourth-order valence-corrected chi connectivity index (χ4v) is 3.17. The molecule has 0 atom stereocenters. The first kappa shape index (κ1) is 12.9. The molecule has 3 aromatic rings. The molecule has 0 saturated carbocycles. The van der Waals surface area contributed by atoms with Crippen LogP contribution in [0.25, 0.3) is 10.2 Å². The number of benzene rings is 1. The van der Waals surface area contributed by atoms with E-state index in [0.29, 0.717) is 5.95 Å². The molecular weight excluding hydrogens is 268 g/mol. The van der Waals surface area contributed by atoms with Gasteiger partial charge in [0.15, 0.2) is 0 Å². The Hall–Kier alpha value is -2.14. The molecule has 1 aromatic carbocycles. The summed E-state index contributed by atoms with van der Waals surface area (Å²) in [6.45, 7) is 4.20. The molecule has 0 aliphatic carbocycles. The number of nitrogens with zero attached hydrogens (tertiary/aromatic N) is 3. The Morgan fingerprint density at radius 3 is 2.70 bits per heavy atom. The summed E-state index contributed by atoms with van der Waals surface area (Å²) in [6, 6.07) is 8.42. The van der Waals surface area contributed by atoms with E-state index < -0.39 is 0 Å². The van der Waals surface area contributed by atoms with Crippen LogP contribution in [0.4, 0.5) is 17.5 Å². The number of aromatic nitrogens is 2. The molecule has 102 valence electrons. The van der Waals surface area contributed by atoms with Crippen molar-refractivity contribution in [3.63, 3.8) is 0 Å². The zero-order valence-electron chi connectivity index (χ0n) is 11.7. The molecule has 2 aromatic heterocycles. The summed E-state index contributed by atoms with van der Waals surface area (Å²) < 4.78 is 0. The normalized spacial score (nSPS) is 10.9. The van der Waals surface area contributed by atoms with E-state index in [9.17, 15) is 0 Å². The van der Waals surface area contributed by atoms with Gasteiger partial charge >= 0.3 is 0 Å². The number of aryl methyl sites for hydroxylation is 2. The van der Waals surface area contributed by atoms with E-state index in [2.05, 4.69) is 46.9 Å². The van der Waals surface area contributed by atoms with E-state index >= 15 is 0 Å². The average Bonchev–Trinajstić information content (AvgIpc) is 2.85. The number of hydrogen-bond acceptors (Lipinski definition) is 5. The highest BCUT2D eigenvalue weighted by Crippen LogP contribution is 2.33. The summed E-state index contributed by atoms with van der Waals surface area (Å²) in [4.78, 5) is 11.7. The molecule has 0 aliphatic heterocycles. The lowest BCUT2D eigenvalue weighted by Gasteiger charge is -2.21. The molecule has 0 saturated heterocycles. The zero-order chi connectivity index (χ0) is 14.3. The molecule has 0 aliphatic rings. The largest absolute Gasteiger partial charge is 0.368 e. The summed E-state index contributed by atoms with van der Waals surface area (Å²) in [5.74, 6) is 1.16. The van der Waals surface area contributed by atoms with E-state index in [-0.39, 0.29) is 0 Å². The van der Waals surface area contributed by atoms with Gasteiger partial charge < -0.3 is 10.6 Å². The maximum absolute atomic E-state index is 5.82. The number of fused-ring (bicyclic) bond motifs is 1. The third-order valence-corrected chi connectivity index (χ3v) is 4.16. The second-order valence-electron chi connectivity index (χ2n) is 4.89. The lowest BCUT2D eigenvalue weighted by Crippen LogP contribution is -2.14. The van der Waals surface area contributed by atoms with Gasteiger partial charge in [0.2, 0.25) is 5.95 Å². The van der Waals surface area contributed by atoms with Crippen LogP contribution in [0.2, 0.25) is 0 Å². The van der Waals surface area contributed by atoms with E-state index in [1.807, 2.05) is 18.5 Å². The topological polar surface area (TPSA) is 55.0 Å². The molecule has 0 unspecified atom stereocenters. The van der Waals surface area contributed by atoms with Crippen molar-refractivity contribution in [2.24, 2.45) is 0 Å². The zero-order valence-corrected chi connectivity index (χ0v) is 12.5. The van der Waals surface area contributed by atoms with E-state index in [1.165, 1.54) is 11.1 Å². The van der Waals surface area contributed by atoms with Gasteiger partial charge in [0.05, 0.1) is 5.39 Å². The van der Waals surface area contributed by atoms with Gasteiger partial charge in [-0.25, -0.2) is 4.98 Å². The van der Waals surface area contributed by atoms with Crippen LogP contribution in [0.5, 0.6) is 0 Å². The van der Waals surface area contributed by atoms with Gasteiger partial charge in [-0.1, -0.05) is 17.7 Å². The van der Waals surface area contributed by atoms with Gasteiger partial charge in [-0.3, -0.25) is 0 Å². The minimum atomic E-state index is 0.312. The maximum atomic E-state index is 5.82. The van der Waals surface area contributed by atoms with Crippen molar-refractivity contribution in [3.05, 3.63) is 40.8 Å². The number of rotatable bonds is 2. The first-order chi connectivity index (χ1) is 9.56. The molecule has 0 bridgehead atoms. The fraction of sp³-hybridized carbons (Fsp3) is 0.200. The van der Waals surface area contributed by atoms with Crippen molar-refractivity contribution in [2.75, 3.05) is 17.7 Å². The van der Waals surface area contributed by atoms with Crippen LogP contribution in [0.15, 0.2) is 29.6 Å². The van der Waals surface area contributed by atoms with Gasteiger partial charge in [-0.05, 0) is 36.9 Å². The number of hydrogen-bond donors (Lipinski definition) is 1. The Kier molecular flexibility index (Phi) is 3.06. The average molecular weight is 284 g/mol. The van der Waals surface area contributed by atoms with Crippen LogP contribution in [0, 0.1) is 13.8 Å². The van der Waals surface area contributed by atoms with Crippen LogP contribution in [-0.2, 0) is 0 Å². The minimum Gasteiger partial charge on any atom is -0.368 e. The van der Waals surface area contributed by atoms with E-state index in [4.69, 9.17) is 5.73 Å². The lowest BCUT2D eigenvalue weighted by atomic mass is 10.1. The van der Waals surface area contributed by atoms with E-state index in [0.717, 1.165) is 21.7 Å². The van der Waals surface area contributed by atoms with Crippen LogP contribution >= 0.6 is 11.3 Å². The molecule has 0 radical (unpaired) electrons. The highest BCUT2D eigenvalue weighted by atomic mass is 32.1. The Balaban J connectivity index is 2.16. The monoisotopic (exact) mass is 284 g/mol. The van der Waals surface area contributed by atoms with Gasteiger partial charge in [-0.2, -0.15) is 4.98 Å². The quantitative estimate of drug-likeness (QED) is 0.780. The molecule has 0 fully saturated rings. The third-order valence-electron chi connectivity index (χ3n) is 3.35. The van der Waals surface area contributed by atoms with Crippen LogP contribution in [0.1, 0.15) is 11.1 Å². The third kappa shape index (κ3) is 2.10. The maximum Gasteiger partial charge on any atom is 0.223 e. The van der Waals surface area contributed by atoms with Gasteiger partial charge in [0.1, 0.15) is 10.6 Å². The number of anilines is 3. The minimum absolute atomic E-state index is 0.312. The molecular formula is C15H16N4S. The SMILES string of the molecule is Cc1ccc(N(C)c2nc(N)nc3sccc23)c(C)c1. The molecule has 3 rings (SSSR count). The lowest BCUT2D eigenvalue weighted by molar-refractivity contribution is 1.11. The predicted molar refractivity (Wildman–Crippen MR) is 85.8 cm³/mol. The van der Waals surface area contributed by atoms with Crippen molar-refractivity contribution in [1.82, 2.24) is 9.97 Å². The highest BCUT2D eigenvalue weighted by Gasteiger charge is 2.14. The molecule has 0 spiro atoms. The molecule has 5 heteroatoms. The van der Waals surface area contributed by atoms with Gasteiger partial charge in [0, 0.05) is 12.7 Å². The van der Waals surface area contributed by atoms with Crippen LogP contribution in [-0.4, -0.2) is 17.0 Å². The van der Waals surface area contributed by atoms with E-state index in [1.54, 1.807) is 11.3 Å². The van der Waals surface area contributed by atoms with Crippen molar-refractivity contribution in [1.29, 1.82) is 0 Å². The Morgan fingerprint density at radius 2 is 1.95 bits per heavy atom. The second-order valence-corrected chi connectivity index (χ2v) is 5.79. The standard InChI is InChI=1S/C15H16N4S/c1-9-4-5-12(10(2)8-9)19(3)13-11-6-7-20-14(11)18-15(16)17-13/h4-8H,1-3H3,(H2,16,17,18). The Bertz CT molecular complexity index is 779. The Morgan fingerprint density at radius 1 is 1.15 bits per heavy atom. The first-order valence-electron chi connectivity index (χ1n) is 6.38. The van der Waals surface area contributed by atoms with Crippen molar-refractivity contribution in [2.45, 2.75) is 13.8 Å². The second kappa shape index (κ2) is 4.76. The summed E-state index contributed by atoms with van der Waals surface area (Å²) in [7, 11) is 2.01. The Labute approximate surface area is 121 Å². The summed E-state index contributed by atoms with van der Waals surface area (Å²) in [5, 5.41) is 3.05. The number of thiophene rings is 1. The first-order valence-corrected chi connectivity index (χ1v) is 7.26. The van der Waals surface area contributed by atoms with Gasteiger partial charge in [-0.15, -0.1) is 11.3 Å². The summed E-state index contributed by atoms with van der Waals surface area (Å²) in [5.41, 5.74) is 9.41. The van der Waals surface area contributed by atoms with Crippen molar-refractivity contribution >= 4 is 39.0 Å². The number of nitrogen functional groups attached to an aromatic ring is 1.